The third kappa shape index (κ3) is 2.42. The molecule has 0 aliphatic heterocycles. The molecule has 0 saturated carbocycles. The summed E-state index contributed by atoms with van der Waals surface area (Å²) in [5.74, 6) is -0.109. The lowest BCUT2D eigenvalue weighted by atomic mass is 10.2. The van der Waals surface area contributed by atoms with Crippen molar-refractivity contribution in [1.29, 1.82) is 0 Å². The lowest BCUT2D eigenvalue weighted by Gasteiger charge is -2.05. The van der Waals surface area contributed by atoms with E-state index >= 15 is 0 Å². The van der Waals surface area contributed by atoms with Crippen molar-refractivity contribution in [3.05, 3.63) is 34.3 Å². The van der Waals surface area contributed by atoms with Crippen molar-refractivity contribution >= 4 is 23.1 Å². The quantitative estimate of drug-likeness (QED) is 0.854. The van der Waals surface area contributed by atoms with Crippen molar-refractivity contribution in [1.82, 2.24) is 9.59 Å². The summed E-state index contributed by atoms with van der Waals surface area (Å²) in [6, 6.07) is 4.98. The number of aromatic hydroxyl groups is 1. The number of anilines is 1. The fourth-order valence-electron chi connectivity index (χ4n) is 1.31. The van der Waals surface area contributed by atoms with Gasteiger partial charge in [0.15, 0.2) is 0 Å². The van der Waals surface area contributed by atoms with Crippen LogP contribution in [0, 0.1) is 13.8 Å². The Labute approximate surface area is 102 Å². The second-order valence-corrected chi connectivity index (χ2v) is 4.40. The number of aryl methyl sites for hydroxylation is 2. The molecule has 1 aromatic carbocycles. The number of rotatable bonds is 2. The van der Waals surface area contributed by atoms with Crippen LogP contribution in [0.1, 0.15) is 20.9 Å². The van der Waals surface area contributed by atoms with E-state index < -0.39 is 0 Å². The van der Waals surface area contributed by atoms with Crippen LogP contribution >= 0.6 is 11.5 Å². The monoisotopic (exact) mass is 249 g/mol. The number of hydrogen-bond acceptors (Lipinski definition) is 5. The van der Waals surface area contributed by atoms with Crippen molar-refractivity contribution in [2.45, 2.75) is 13.8 Å². The summed E-state index contributed by atoms with van der Waals surface area (Å²) >= 11 is 1.05. The summed E-state index contributed by atoms with van der Waals surface area (Å²) in [4.78, 5) is 12.3. The molecule has 0 radical (unpaired) electrons. The zero-order valence-electron chi connectivity index (χ0n) is 9.39. The van der Waals surface area contributed by atoms with Crippen LogP contribution in [0.3, 0.4) is 0 Å². The van der Waals surface area contributed by atoms with Crippen molar-refractivity contribution in [3.63, 3.8) is 0 Å². The van der Waals surface area contributed by atoms with Crippen LogP contribution in [0.4, 0.5) is 5.69 Å². The first-order chi connectivity index (χ1) is 8.08. The minimum atomic E-state index is -0.263. The van der Waals surface area contributed by atoms with E-state index in [1.807, 2.05) is 0 Å². The molecule has 2 aromatic rings. The average molecular weight is 249 g/mol. The third-order valence-corrected chi connectivity index (χ3v) is 3.15. The van der Waals surface area contributed by atoms with Crippen LogP contribution in [0.15, 0.2) is 18.2 Å². The Bertz CT molecular complexity index is 566. The van der Waals surface area contributed by atoms with Gasteiger partial charge in [-0.05, 0) is 37.0 Å². The number of phenolic OH excluding ortho intramolecular Hbond substituents is 1. The first-order valence-corrected chi connectivity index (χ1v) is 5.75. The van der Waals surface area contributed by atoms with Crippen LogP contribution in [-0.4, -0.2) is 20.6 Å². The molecule has 1 heterocycles. The Kier molecular flexibility index (Phi) is 3.06. The molecule has 17 heavy (non-hydrogen) atoms. The molecule has 0 atom stereocenters. The fraction of sp³-hybridized carbons (Fsp3) is 0.182. The third-order valence-electron chi connectivity index (χ3n) is 2.32. The number of nitrogens with one attached hydrogen (secondary N) is 1. The molecule has 1 aromatic heterocycles. The predicted octanol–water partition coefficient (Wildman–Crippen LogP) is 2.11. The molecular weight excluding hydrogens is 238 g/mol. The van der Waals surface area contributed by atoms with Crippen molar-refractivity contribution in [3.8, 4) is 5.75 Å². The minimum absolute atomic E-state index is 0.155. The molecule has 0 aliphatic carbocycles. The van der Waals surface area contributed by atoms with Crippen LogP contribution in [0.5, 0.6) is 5.75 Å². The number of aromatic nitrogens is 2. The van der Waals surface area contributed by atoms with E-state index in [0.717, 1.165) is 17.1 Å². The predicted molar refractivity (Wildman–Crippen MR) is 65.4 cm³/mol. The maximum Gasteiger partial charge on any atom is 0.269 e. The largest absolute Gasteiger partial charge is 0.508 e. The van der Waals surface area contributed by atoms with Gasteiger partial charge < -0.3 is 10.4 Å². The van der Waals surface area contributed by atoms with Crippen molar-refractivity contribution < 1.29 is 9.90 Å². The zero-order valence-corrected chi connectivity index (χ0v) is 10.2. The topological polar surface area (TPSA) is 75.1 Å². The van der Waals surface area contributed by atoms with Gasteiger partial charge in [0.2, 0.25) is 0 Å². The maximum absolute atomic E-state index is 11.8. The summed E-state index contributed by atoms with van der Waals surface area (Å²) in [7, 11) is 0. The standard InChI is InChI=1S/C11H11N3O2S/c1-6-3-4-8(5-9(6)15)12-11(16)10-7(2)13-14-17-10/h3-5,15H,1-2H3,(H,12,16). The van der Waals surface area contributed by atoms with Crippen molar-refractivity contribution in [2.75, 3.05) is 5.32 Å². The van der Waals surface area contributed by atoms with E-state index in [9.17, 15) is 9.90 Å². The zero-order chi connectivity index (χ0) is 12.4. The molecule has 0 spiro atoms. The molecule has 1 amide bonds. The van der Waals surface area contributed by atoms with Gasteiger partial charge in [-0.3, -0.25) is 4.79 Å². The number of nitrogens with zero attached hydrogens (tertiary/aromatic N) is 2. The molecule has 2 rings (SSSR count). The second-order valence-electron chi connectivity index (χ2n) is 3.64. The van der Waals surface area contributed by atoms with Crippen LogP contribution in [0.25, 0.3) is 0 Å². The van der Waals surface area contributed by atoms with E-state index in [4.69, 9.17) is 0 Å². The highest BCUT2D eigenvalue weighted by Crippen LogP contribution is 2.21. The van der Waals surface area contributed by atoms with Gasteiger partial charge in [-0.2, -0.15) is 0 Å². The van der Waals surface area contributed by atoms with Crippen LogP contribution < -0.4 is 5.32 Å². The SMILES string of the molecule is Cc1ccc(NC(=O)c2snnc2C)cc1O. The van der Waals surface area contributed by atoms with Gasteiger partial charge in [0.1, 0.15) is 10.6 Å². The molecular formula is C11H11N3O2S. The average Bonchev–Trinajstić information content (AvgIpc) is 2.70. The molecule has 5 nitrogen and oxygen atoms in total. The molecule has 6 heteroatoms. The first-order valence-electron chi connectivity index (χ1n) is 4.98. The molecule has 0 unspecified atom stereocenters. The van der Waals surface area contributed by atoms with Gasteiger partial charge in [-0.1, -0.05) is 10.6 Å². The highest BCUT2D eigenvalue weighted by molar-refractivity contribution is 7.08. The highest BCUT2D eigenvalue weighted by Gasteiger charge is 2.13. The summed E-state index contributed by atoms with van der Waals surface area (Å²) in [5, 5.41) is 16.0. The number of carbonyl (C=O) groups excluding carboxylic acids is 1. The normalized spacial score (nSPS) is 10.2. The smallest absolute Gasteiger partial charge is 0.269 e. The van der Waals surface area contributed by atoms with Gasteiger partial charge in [0.05, 0.1) is 5.69 Å². The lowest BCUT2D eigenvalue weighted by molar-refractivity contribution is 0.103. The Balaban J connectivity index is 2.19. The maximum atomic E-state index is 11.8. The summed E-state index contributed by atoms with van der Waals surface area (Å²) in [6.07, 6.45) is 0. The van der Waals surface area contributed by atoms with E-state index in [2.05, 4.69) is 14.9 Å². The molecule has 0 bridgehead atoms. The summed E-state index contributed by atoms with van der Waals surface area (Å²) in [6.45, 7) is 3.52. The van der Waals surface area contributed by atoms with E-state index in [0.29, 0.717) is 16.3 Å². The first kappa shape index (κ1) is 11.5. The molecule has 2 N–H and O–H groups in total. The number of amides is 1. The lowest BCUT2D eigenvalue weighted by Crippen LogP contribution is -2.11. The summed E-state index contributed by atoms with van der Waals surface area (Å²) in [5.41, 5.74) is 1.91. The Morgan fingerprint density at radius 2 is 2.18 bits per heavy atom. The van der Waals surface area contributed by atoms with E-state index in [1.165, 1.54) is 6.07 Å². The fourth-order valence-corrected chi connectivity index (χ4v) is 1.87. The molecule has 0 saturated heterocycles. The van der Waals surface area contributed by atoms with Gasteiger partial charge >= 0.3 is 0 Å². The second kappa shape index (κ2) is 4.50. The highest BCUT2D eigenvalue weighted by atomic mass is 32.1. The Morgan fingerprint density at radius 3 is 2.76 bits per heavy atom. The Hall–Kier alpha value is -1.95. The minimum Gasteiger partial charge on any atom is -0.508 e. The van der Waals surface area contributed by atoms with E-state index in [1.54, 1.807) is 26.0 Å². The van der Waals surface area contributed by atoms with Crippen molar-refractivity contribution in [2.24, 2.45) is 0 Å². The molecule has 88 valence electrons. The van der Waals surface area contributed by atoms with Gasteiger partial charge in [0, 0.05) is 11.8 Å². The van der Waals surface area contributed by atoms with E-state index in [-0.39, 0.29) is 11.7 Å². The summed E-state index contributed by atoms with van der Waals surface area (Å²) < 4.78 is 3.70. The number of hydrogen-bond donors (Lipinski definition) is 2. The molecule has 0 aliphatic rings. The molecule has 0 fully saturated rings. The van der Waals surface area contributed by atoms with Gasteiger partial charge in [-0.25, -0.2) is 0 Å². The number of phenols is 1. The number of benzene rings is 1. The Morgan fingerprint density at radius 1 is 1.41 bits per heavy atom. The van der Waals surface area contributed by atoms with Crippen LogP contribution in [0.2, 0.25) is 0 Å². The van der Waals surface area contributed by atoms with Gasteiger partial charge in [0.25, 0.3) is 5.91 Å². The number of carbonyl (C=O) groups is 1. The van der Waals surface area contributed by atoms with Crippen LogP contribution in [-0.2, 0) is 0 Å². The van der Waals surface area contributed by atoms with Gasteiger partial charge in [-0.15, -0.1) is 5.10 Å².